The Morgan fingerprint density at radius 3 is 2.60 bits per heavy atom. The highest BCUT2D eigenvalue weighted by Crippen LogP contribution is 2.43. The Hall–Kier alpha value is -3.86. The van der Waals surface area contributed by atoms with E-state index in [1.54, 1.807) is 24.9 Å². The van der Waals surface area contributed by atoms with Gasteiger partial charge in [-0.05, 0) is 79.6 Å². The quantitative estimate of drug-likeness (QED) is 0.313. The molecule has 4 aliphatic heterocycles. The van der Waals surface area contributed by atoms with Gasteiger partial charge in [-0.3, -0.25) is 14.9 Å². The fourth-order valence-corrected chi connectivity index (χ4v) is 9.24. The molecule has 2 aromatic rings. The summed E-state index contributed by atoms with van der Waals surface area (Å²) >= 11 is 0. The van der Waals surface area contributed by atoms with Gasteiger partial charge >= 0.3 is 12.1 Å². The first kappa shape index (κ1) is 40.8. The Bertz CT molecular complexity index is 1870. The Labute approximate surface area is 325 Å². The Morgan fingerprint density at radius 2 is 1.85 bits per heavy atom. The van der Waals surface area contributed by atoms with Crippen molar-refractivity contribution in [2.24, 2.45) is 22.7 Å². The monoisotopic (exact) mass is 758 g/mol. The molecular formula is C43H58N4O8. The number of aliphatic hydroxyl groups excluding tert-OH is 1. The molecule has 6 rings (SSSR count). The van der Waals surface area contributed by atoms with E-state index in [2.05, 4.69) is 30.7 Å². The van der Waals surface area contributed by atoms with Crippen molar-refractivity contribution in [2.45, 2.75) is 122 Å². The molecule has 1 unspecified atom stereocenters. The zero-order chi connectivity index (χ0) is 39.8. The Morgan fingerprint density at radius 1 is 1.11 bits per heavy atom. The van der Waals surface area contributed by atoms with Crippen LogP contribution in [-0.2, 0) is 28.5 Å². The second kappa shape index (κ2) is 16.3. The molecule has 2 fully saturated rings. The molecule has 55 heavy (non-hydrogen) atoms. The highest BCUT2D eigenvalue weighted by molar-refractivity contribution is 5.91. The third-order valence-corrected chi connectivity index (χ3v) is 12.1. The molecule has 12 atom stereocenters. The molecule has 0 aliphatic carbocycles. The van der Waals surface area contributed by atoms with Gasteiger partial charge in [-0.15, -0.1) is 0 Å². The van der Waals surface area contributed by atoms with Crippen LogP contribution in [-0.4, -0.2) is 125 Å². The average molecular weight is 759 g/mol. The minimum atomic E-state index is -1.11. The summed E-state index contributed by atoms with van der Waals surface area (Å²) in [7, 11) is 3.88. The maximum Gasteiger partial charge on any atom is 0.410 e. The predicted octanol–water partition coefficient (Wildman–Crippen LogP) is 5.40. The summed E-state index contributed by atoms with van der Waals surface area (Å²) in [5.41, 5.74) is 0.791. The van der Waals surface area contributed by atoms with Crippen LogP contribution in [0.15, 0.2) is 53.2 Å². The van der Waals surface area contributed by atoms with Crippen molar-refractivity contribution in [3.05, 3.63) is 53.7 Å². The summed E-state index contributed by atoms with van der Waals surface area (Å²) in [4.78, 5) is 40.5. The first-order valence-electron chi connectivity index (χ1n) is 19.6. The average Bonchev–Trinajstić information content (AvgIpc) is 3.26. The van der Waals surface area contributed by atoms with Crippen LogP contribution in [0.2, 0.25) is 0 Å². The van der Waals surface area contributed by atoms with Crippen LogP contribution in [0.1, 0.15) is 73.8 Å². The third-order valence-electron chi connectivity index (χ3n) is 12.1. The minimum Gasteiger partial charge on any atom is -0.455 e. The first-order valence-corrected chi connectivity index (χ1v) is 19.6. The largest absolute Gasteiger partial charge is 0.455 e. The van der Waals surface area contributed by atoms with Crippen LogP contribution in [0.4, 0.5) is 4.79 Å². The molecule has 5 heterocycles. The molecule has 2 saturated heterocycles. The summed E-state index contributed by atoms with van der Waals surface area (Å²) in [5.74, 6) is 5.10. The number of cyclic esters (lactones) is 1. The molecule has 1 aromatic heterocycles. The van der Waals surface area contributed by atoms with E-state index in [0.29, 0.717) is 31.5 Å². The van der Waals surface area contributed by atoms with E-state index in [9.17, 15) is 14.7 Å². The summed E-state index contributed by atoms with van der Waals surface area (Å²) in [6, 6.07) is 9.29. The number of ether oxygens (including phenoxy) is 5. The summed E-state index contributed by atoms with van der Waals surface area (Å²) in [5, 5.41) is 12.6. The van der Waals surface area contributed by atoms with Gasteiger partial charge in [0.2, 0.25) is 0 Å². The lowest BCUT2D eigenvalue weighted by Gasteiger charge is -2.47. The van der Waals surface area contributed by atoms with E-state index in [1.807, 2.05) is 83.1 Å². The van der Waals surface area contributed by atoms with Crippen LogP contribution in [0, 0.1) is 29.6 Å². The van der Waals surface area contributed by atoms with Crippen LogP contribution in [0.3, 0.4) is 0 Å². The molecule has 0 saturated carbocycles. The lowest BCUT2D eigenvalue weighted by molar-refractivity contribution is -0.295. The lowest BCUT2D eigenvalue weighted by Crippen LogP contribution is -2.59. The Kier molecular flexibility index (Phi) is 12.1. The number of carbonyl (C=O) groups is 2. The van der Waals surface area contributed by atoms with Gasteiger partial charge in [-0.2, -0.15) is 0 Å². The van der Waals surface area contributed by atoms with E-state index in [0.717, 1.165) is 22.2 Å². The van der Waals surface area contributed by atoms with Crippen molar-refractivity contribution in [3.8, 4) is 11.8 Å². The van der Waals surface area contributed by atoms with Crippen molar-refractivity contribution in [1.29, 1.82) is 0 Å². The van der Waals surface area contributed by atoms with Gasteiger partial charge in [0.05, 0.1) is 35.9 Å². The number of amides is 1. The molecule has 2 bridgehead atoms. The van der Waals surface area contributed by atoms with Crippen LogP contribution in [0.25, 0.3) is 10.9 Å². The maximum atomic E-state index is 13.8. The molecule has 12 nitrogen and oxygen atoms in total. The molecule has 1 aromatic carbocycles. The number of hydrogen-bond donors (Lipinski definition) is 1. The van der Waals surface area contributed by atoms with Crippen LogP contribution < -0.4 is 0 Å². The molecule has 4 aliphatic rings. The number of aromatic nitrogens is 1. The molecule has 1 amide bonds. The normalized spacial score (nSPS) is 38.1. The first-order chi connectivity index (χ1) is 26.0. The highest BCUT2D eigenvalue weighted by atomic mass is 16.7. The van der Waals surface area contributed by atoms with Crippen LogP contribution >= 0.6 is 0 Å². The van der Waals surface area contributed by atoms with Gasteiger partial charge in [0.25, 0.3) is 0 Å². The van der Waals surface area contributed by atoms with Gasteiger partial charge < -0.3 is 33.7 Å². The maximum absolute atomic E-state index is 13.8. The van der Waals surface area contributed by atoms with Gasteiger partial charge in [0.1, 0.15) is 18.8 Å². The third kappa shape index (κ3) is 8.33. The number of carbonyl (C=O) groups excluding carboxylic acids is 2. The van der Waals surface area contributed by atoms with Crippen molar-refractivity contribution in [3.63, 3.8) is 0 Å². The standard InChI is InChI=1S/C43H58N4O8/c1-25-20-26(2)39(49)53-30(6)43(8)37-29(5)35(44-17-18-47(37)41(50)55-43)27(3)23-42(7,38(25)54-40-36(48)34(46(9)10)21-28(4)52-40)51-19-13-14-31-22-32-15-11-12-16-33(32)45-24-31/h11-12,15-16,20,22,24-25,27-30,34,36-38,40,48H,17-19,21,23H2,1-10H3/b26-20+/t25-,27+,28-,29+,30-,34+,36?,37+,38+,40+,42-,43+/m0/s1. The predicted molar refractivity (Wildman–Crippen MR) is 209 cm³/mol. The van der Waals surface area contributed by atoms with Crippen molar-refractivity contribution in [1.82, 2.24) is 14.8 Å². The van der Waals surface area contributed by atoms with Gasteiger partial charge in [0.15, 0.2) is 11.9 Å². The van der Waals surface area contributed by atoms with E-state index in [4.69, 9.17) is 28.7 Å². The van der Waals surface area contributed by atoms with Crippen molar-refractivity contribution < 1.29 is 38.4 Å². The minimum absolute atomic E-state index is 0.0640. The van der Waals surface area contributed by atoms with Crippen LogP contribution in [0.5, 0.6) is 0 Å². The van der Waals surface area contributed by atoms with E-state index < -0.39 is 59.8 Å². The number of fused-ring (bicyclic) bond motifs is 2. The fraction of sp³-hybridized carbons (Fsp3) is 0.628. The second-order valence-corrected chi connectivity index (χ2v) is 16.6. The Balaban J connectivity index is 1.41. The van der Waals surface area contributed by atoms with Gasteiger partial charge in [-0.25, -0.2) is 9.59 Å². The highest BCUT2D eigenvalue weighted by Gasteiger charge is 2.59. The number of aliphatic hydroxyl groups is 1. The summed E-state index contributed by atoms with van der Waals surface area (Å²) < 4.78 is 32.3. The van der Waals surface area contributed by atoms with E-state index >= 15 is 0 Å². The van der Waals surface area contributed by atoms with Crippen molar-refractivity contribution in [2.75, 3.05) is 33.8 Å². The topological polar surface area (TPSA) is 132 Å². The molecule has 12 heteroatoms. The number of nitrogens with zero attached hydrogens (tertiary/aromatic N) is 4. The second-order valence-electron chi connectivity index (χ2n) is 16.6. The van der Waals surface area contributed by atoms with Gasteiger partial charge in [-0.1, -0.05) is 56.9 Å². The summed E-state index contributed by atoms with van der Waals surface area (Å²) in [6.45, 7) is 16.3. The molecule has 298 valence electrons. The SMILES string of the molecule is C/C1=C\[C@H](C)[C@@H](O[C@H]2O[C@@H](C)C[C@@H](N(C)C)C2O)[C@@](C)(OCC#Cc2cnc3ccccc3c2)C[C@@H](C)C2=NCCN3C(=O)O[C@](C)([C@H](C)OC1=O)[C@H]3[C@@H]2C. The van der Waals surface area contributed by atoms with Gasteiger partial charge in [0, 0.05) is 52.9 Å². The zero-order valence-corrected chi connectivity index (χ0v) is 33.9. The number of likely N-dealkylation sites (N-methyl/N-ethyl adjacent to an activating group) is 1. The molecule has 1 N–H and O–H groups in total. The molecule has 0 radical (unpaired) electrons. The smallest absolute Gasteiger partial charge is 0.410 e. The number of pyridine rings is 1. The van der Waals surface area contributed by atoms with Crippen molar-refractivity contribution >= 4 is 28.7 Å². The lowest BCUT2D eigenvalue weighted by atomic mass is 9.74. The summed E-state index contributed by atoms with van der Waals surface area (Å²) in [6.07, 6.45) is 0.675. The number of benzene rings is 1. The zero-order valence-electron chi connectivity index (χ0n) is 33.9. The molecule has 0 spiro atoms. The number of rotatable bonds is 5. The number of hydrogen-bond acceptors (Lipinski definition) is 11. The molecular weight excluding hydrogens is 700 g/mol. The number of esters is 1. The van der Waals surface area contributed by atoms with E-state index in [1.165, 1.54) is 0 Å². The fourth-order valence-electron chi connectivity index (χ4n) is 9.24. The number of para-hydroxylation sites is 1. The number of aliphatic imine (C=N–C) groups is 1. The van der Waals surface area contributed by atoms with E-state index in [-0.39, 0.29) is 30.6 Å².